The third-order valence-corrected chi connectivity index (χ3v) is 6.98. The van der Waals surface area contributed by atoms with Crippen molar-refractivity contribution in [2.24, 2.45) is 4.99 Å². The number of amidine groups is 1. The number of para-hydroxylation sites is 1. The number of fused-ring (bicyclic) bond motifs is 1. The fourth-order valence-corrected chi connectivity index (χ4v) is 5.05. The highest BCUT2D eigenvalue weighted by Gasteiger charge is 2.29. The lowest BCUT2D eigenvalue weighted by atomic mass is 10.1. The Hall–Kier alpha value is -3.20. The van der Waals surface area contributed by atoms with Crippen molar-refractivity contribution in [2.75, 3.05) is 25.0 Å². The lowest BCUT2D eigenvalue weighted by Crippen LogP contribution is -2.38. The van der Waals surface area contributed by atoms with E-state index in [4.69, 9.17) is 0 Å². The number of sulfonamides is 1. The number of nitrogens with one attached hydrogen (secondary N) is 2. The Morgan fingerprint density at radius 1 is 1.03 bits per heavy atom. The van der Waals surface area contributed by atoms with E-state index in [0.29, 0.717) is 37.3 Å². The number of rotatable bonds is 11. The van der Waals surface area contributed by atoms with E-state index < -0.39 is 10.0 Å². The number of amides is 2. The third-order valence-electron chi connectivity index (χ3n) is 5.58. The Kier molecular flexibility index (Phi) is 8.81. The van der Waals surface area contributed by atoms with Crippen LogP contribution in [0.5, 0.6) is 0 Å². The quantitative estimate of drug-likeness (QED) is 0.476. The van der Waals surface area contributed by atoms with E-state index in [1.807, 2.05) is 38.1 Å². The van der Waals surface area contributed by atoms with Crippen molar-refractivity contribution < 1.29 is 18.0 Å². The van der Waals surface area contributed by atoms with E-state index in [2.05, 4.69) is 15.0 Å². The van der Waals surface area contributed by atoms with Crippen molar-refractivity contribution in [3.05, 3.63) is 59.7 Å². The van der Waals surface area contributed by atoms with E-state index in [-0.39, 0.29) is 23.3 Å². The van der Waals surface area contributed by atoms with Gasteiger partial charge in [0, 0.05) is 30.8 Å². The number of hydrogen-bond donors (Lipinski definition) is 2. The van der Waals surface area contributed by atoms with Crippen LogP contribution >= 0.6 is 0 Å². The largest absolute Gasteiger partial charge is 0.333 e. The van der Waals surface area contributed by atoms with Gasteiger partial charge in [0.15, 0.2) is 0 Å². The molecule has 2 amide bonds. The second-order valence-electron chi connectivity index (χ2n) is 8.32. The molecule has 0 saturated carbocycles. The molecule has 2 aromatic rings. The molecule has 1 heterocycles. The molecule has 0 aromatic heterocycles. The summed E-state index contributed by atoms with van der Waals surface area (Å²) in [5.41, 5.74) is 2.32. The van der Waals surface area contributed by atoms with Gasteiger partial charge < -0.3 is 10.2 Å². The van der Waals surface area contributed by atoms with Crippen LogP contribution in [0.2, 0.25) is 0 Å². The minimum Gasteiger partial charge on any atom is -0.333 e. The topological polar surface area (TPSA) is 108 Å². The van der Waals surface area contributed by atoms with E-state index >= 15 is 0 Å². The molecule has 0 unspecified atom stereocenters. The zero-order valence-corrected chi connectivity index (χ0v) is 20.5. The average molecular weight is 485 g/mol. The molecule has 2 aromatic carbocycles. The average Bonchev–Trinajstić information content (AvgIpc) is 3.07. The van der Waals surface area contributed by atoms with Gasteiger partial charge in [0.05, 0.1) is 11.4 Å². The molecule has 0 saturated heterocycles. The van der Waals surface area contributed by atoms with Crippen molar-refractivity contribution in [3.8, 4) is 0 Å². The molecule has 0 aliphatic carbocycles. The molecule has 1 aliphatic rings. The first-order chi connectivity index (χ1) is 16.3. The third kappa shape index (κ3) is 6.66. The maximum absolute atomic E-state index is 12.7. The summed E-state index contributed by atoms with van der Waals surface area (Å²) in [5.74, 6) is 0.136. The normalized spacial score (nSPS) is 14.9. The zero-order valence-electron chi connectivity index (χ0n) is 19.7. The van der Waals surface area contributed by atoms with Crippen molar-refractivity contribution in [2.45, 2.75) is 50.8 Å². The monoisotopic (exact) mass is 484 g/mol. The Bertz CT molecular complexity index is 1160. The van der Waals surface area contributed by atoms with Gasteiger partial charge in [-0.2, -0.15) is 0 Å². The van der Waals surface area contributed by atoms with Gasteiger partial charge in [-0.1, -0.05) is 43.7 Å². The van der Waals surface area contributed by atoms with E-state index in [1.54, 1.807) is 29.2 Å². The Morgan fingerprint density at radius 3 is 2.53 bits per heavy atom. The van der Waals surface area contributed by atoms with Gasteiger partial charge in [-0.3, -0.25) is 19.3 Å². The van der Waals surface area contributed by atoms with Crippen LogP contribution in [0.3, 0.4) is 0 Å². The summed E-state index contributed by atoms with van der Waals surface area (Å²) in [6, 6.07) is 14.3. The second-order valence-corrected chi connectivity index (χ2v) is 9.97. The summed E-state index contributed by atoms with van der Waals surface area (Å²) in [6.45, 7) is 4.95. The molecule has 2 N–H and O–H groups in total. The highest BCUT2D eigenvalue weighted by molar-refractivity contribution is 7.90. The van der Waals surface area contributed by atoms with Gasteiger partial charge in [-0.15, -0.1) is 0 Å². The van der Waals surface area contributed by atoms with Crippen LogP contribution in [-0.4, -0.2) is 50.6 Å². The van der Waals surface area contributed by atoms with Gasteiger partial charge in [0.1, 0.15) is 5.84 Å². The van der Waals surface area contributed by atoms with E-state index in [0.717, 1.165) is 30.5 Å². The number of anilines is 1. The van der Waals surface area contributed by atoms with Crippen molar-refractivity contribution >= 4 is 33.4 Å². The smallest absolute Gasteiger partial charge is 0.263 e. The molecule has 0 atom stereocenters. The van der Waals surface area contributed by atoms with Gasteiger partial charge in [0.25, 0.3) is 10.0 Å². The molecule has 1 aliphatic heterocycles. The molecule has 3 rings (SSSR count). The molecule has 0 fully saturated rings. The summed E-state index contributed by atoms with van der Waals surface area (Å²) in [7, 11) is -3.52. The van der Waals surface area contributed by atoms with Crippen LogP contribution in [0.15, 0.2) is 58.4 Å². The molecule has 8 nitrogen and oxygen atoms in total. The number of aliphatic imine (C=N–C) groups is 1. The van der Waals surface area contributed by atoms with Crippen LogP contribution in [-0.2, 0) is 19.6 Å². The highest BCUT2D eigenvalue weighted by atomic mass is 32.2. The van der Waals surface area contributed by atoms with Crippen LogP contribution in [0, 0.1) is 6.92 Å². The number of aryl methyl sites for hydroxylation is 1. The predicted octanol–water partition coefficient (Wildman–Crippen LogP) is 3.47. The van der Waals surface area contributed by atoms with E-state index in [9.17, 15) is 18.0 Å². The first kappa shape index (κ1) is 25.4. The summed E-state index contributed by atoms with van der Waals surface area (Å²) in [4.78, 5) is 31.4. The molecule has 34 heavy (non-hydrogen) atoms. The fraction of sp³-hybridized carbons (Fsp3) is 0.400. The fourth-order valence-electron chi connectivity index (χ4n) is 3.80. The molecule has 0 radical (unpaired) electrons. The van der Waals surface area contributed by atoms with Crippen LogP contribution < -0.4 is 10.0 Å². The standard InChI is InChI=1S/C25H32N4O4S/c1-3-17-29(18-23(30)27-21-13-8-6-11-19(21)2)24(31)15-5-4-10-16-26-25-20-12-7-9-14-22(20)34(32,33)28-25/h6-9,11-14H,3-5,10,15-18H2,1-2H3,(H,26,28)(H,27,30). The van der Waals surface area contributed by atoms with Crippen molar-refractivity contribution in [1.29, 1.82) is 0 Å². The van der Waals surface area contributed by atoms with Crippen LogP contribution in [0.1, 0.15) is 50.2 Å². The van der Waals surface area contributed by atoms with Crippen LogP contribution in [0.4, 0.5) is 5.69 Å². The summed E-state index contributed by atoms with van der Waals surface area (Å²) < 4.78 is 26.7. The summed E-state index contributed by atoms with van der Waals surface area (Å²) in [6.07, 6.45) is 3.35. The van der Waals surface area contributed by atoms with E-state index in [1.165, 1.54) is 0 Å². The number of carbonyl (C=O) groups is 2. The molecule has 0 spiro atoms. The lowest BCUT2D eigenvalue weighted by Gasteiger charge is -2.22. The first-order valence-electron chi connectivity index (χ1n) is 11.6. The van der Waals surface area contributed by atoms with Gasteiger partial charge in [-0.25, -0.2) is 8.42 Å². The predicted molar refractivity (Wildman–Crippen MR) is 133 cm³/mol. The Balaban J connectivity index is 1.43. The molecule has 9 heteroatoms. The molecule has 0 bridgehead atoms. The zero-order chi connectivity index (χ0) is 24.6. The molecule has 182 valence electrons. The minimum absolute atomic E-state index is 0.0359. The van der Waals surface area contributed by atoms with Gasteiger partial charge >= 0.3 is 0 Å². The maximum atomic E-state index is 12.7. The lowest BCUT2D eigenvalue weighted by molar-refractivity contribution is -0.134. The number of carbonyl (C=O) groups excluding carboxylic acids is 2. The first-order valence-corrected chi connectivity index (χ1v) is 13.1. The second kappa shape index (κ2) is 11.8. The van der Waals surface area contributed by atoms with Gasteiger partial charge in [-0.05, 0) is 49.9 Å². The number of nitrogens with zero attached hydrogens (tertiary/aromatic N) is 2. The number of hydrogen-bond acceptors (Lipinski definition) is 5. The van der Waals surface area contributed by atoms with Crippen LogP contribution in [0.25, 0.3) is 0 Å². The van der Waals surface area contributed by atoms with Crippen molar-refractivity contribution in [1.82, 2.24) is 9.62 Å². The molecular weight excluding hydrogens is 452 g/mol. The summed E-state index contributed by atoms with van der Waals surface area (Å²) in [5, 5.41) is 2.88. The minimum atomic E-state index is -3.52. The maximum Gasteiger partial charge on any atom is 0.263 e. The Morgan fingerprint density at radius 2 is 1.76 bits per heavy atom. The number of benzene rings is 2. The molecular formula is C25H32N4O4S. The van der Waals surface area contributed by atoms with Crippen molar-refractivity contribution in [3.63, 3.8) is 0 Å². The SMILES string of the molecule is CCCN(CC(=O)Nc1ccccc1C)C(=O)CCCCCN=C1NS(=O)(=O)c2ccccc21. The number of unbranched alkanes of at least 4 members (excludes halogenated alkanes) is 2. The van der Waals surface area contributed by atoms with Gasteiger partial charge in [0.2, 0.25) is 11.8 Å². The Labute approximate surface area is 201 Å². The highest BCUT2D eigenvalue weighted by Crippen LogP contribution is 2.22. The summed E-state index contributed by atoms with van der Waals surface area (Å²) >= 11 is 0.